The van der Waals surface area contributed by atoms with Gasteiger partial charge in [-0.05, 0) is 47.9 Å². The predicted octanol–water partition coefficient (Wildman–Crippen LogP) is 3.08. The highest BCUT2D eigenvalue weighted by Gasteiger charge is 2.03. The summed E-state index contributed by atoms with van der Waals surface area (Å²) in [5.41, 5.74) is 2.01. The summed E-state index contributed by atoms with van der Waals surface area (Å²) in [5, 5.41) is 2.87. The van der Waals surface area contributed by atoms with Crippen LogP contribution in [0.5, 0.6) is 17.2 Å². The Balaban J connectivity index is 1.84. The third-order valence-corrected chi connectivity index (χ3v) is 3.71. The van der Waals surface area contributed by atoms with Crippen LogP contribution in [0.4, 0.5) is 0 Å². The first kappa shape index (κ1) is 18.4. The highest BCUT2D eigenvalue weighted by molar-refractivity contribution is 5.91. The average molecular weight is 341 g/mol. The van der Waals surface area contributed by atoms with Crippen LogP contribution in [0.2, 0.25) is 0 Å². The Hall–Kier alpha value is -2.95. The van der Waals surface area contributed by atoms with Gasteiger partial charge >= 0.3 is 0 Å². The van der Waals surface area contributed by atoms with Gasteiger partial charge in [-0.25, -0.2) is 0 Å². The summed E-state index contributed by atoms with van der Waals surface area (Å²) >= 11 is 0. The van der Waals surface area contributed by atoms with Gasteiger partial charge in [0.25, 0.3) is 0 Å². The van der Waals surface area contributed by atoms with Crippen molar-refractivity contribution in [2.24, 2.45) is 0 Å². The van der Waals surface area contributed by atoms with E-state index in [-0.39, 0.29) is 5.91 Å². The molecule has 5 heteroatoms. The molecule has 0 spiro atoms. The normalized spacial score (nSPS) is 10.5. The number of hydrogen-bond acceptors (Lipinski definition) is 4. The lowest BCUT2D eigenvalue weighted by molar-refractivity contribution is -0.116. The second-order valence-corrected chi connectivity index (χ2v) is 5.34. The van der Waals surface area contributed by atoms with E-state index in [4.69, 9.17) is 14.2 Å². The van der Waals surface area contributed by atoms with E-state index in [2.05, 4.69) is 5.32 Å². The zero-order chi connectivity index (χ0) is 18.1. The number of nitrogens with one attached hydrogen (secondary N) is 1. The van der Waals surface area contributed by atoms with E-state index in [1.54, 1.807) is 33.5 Å². The molecule has 1 amide bonds. The number of ether oxygens (including phenoxy) is 3. The topological polar surface area (TPSA) is 56.8 Å². The third kappa shape index (κ3) is 5.57. The Labute approximate surface area is 148 Å². The molecule has 132 valence electrons. The van der Waals surface area contributed by atoms with Crippen LogP contribution < -0.4 is 19.5 Å². The Morgan fingerprint density at radius 3 is 2.32 bits per heavy atom. The van der Waals surface area contributed by atoms with Crippen LogP contribution in [0.25, 0.3) is 6.08 Å². The molecule has 0 fully saturated rings. The molecule has 0 saturated carbocycles. The second-order valence-electron chi connectivity index (χ2n) is 5.34. The monoisotopic (exact) mass is 341 g/mol. The number of amides is 1. The summed E-state index contributed by atoms with van der Waals surface area (Å²) in [7, 11) is 4.81. The molecule has 2 rings (SSSR count). The Bertz CT molecular complexity index is 723. The summed E-state index contributed by atoms with van der Waals surface area (Å²) in [5.74, 6) is 1.97. The van der Waals surface area contributed by atoms with Gasteiger partial charge in [-0.2, -0.15) is 0 Å². The van der Waals surface area contributed by atoms with E-state index in [1.165, 1.54) is 6.08 Å². The van der Waals surface area contributed by atoms with E-state index in [1.807, 2.05) is 36.4 Å². The smallest absolute Gasteiger partial charge is 0.244 e. The van der Waals surface area contributed by atoms with Crippen molar-refractivity contribution < 1.29 is 19.0 Å². The molecule has 5 nitrogen and oxygen atoms in total. The molecular weight excluding hydrogens is 318 g/mol. The minimum Gasteiger partial charge on any atom is -0.497 e. The first-order valence-corrected chi connectivity index (χ1v) is 7.97. The second kappa shape index (κ2) is 9.37. The fraction of sp³-hybridized carbons (Fsp3) is 0.250. The summed E-state index contributed by atoms with van der Waals surface area (Å²) in [4.78, 5) is 11.9. The lowest BCUT2D eigenvalue weighted by Crippen LogP contribution is -2.23. The van der Waals surface area contributed by atoms with E-state index < -0.39 is 0 Å². The van der Waals surface area contributed by atoms with Crippen LogP contribution in [-0.4, -0.2) is 33.8 Å². The van der Waals surface area contributed by atoms with Gasteiger partial charge in [-0.15, -0.1) is 0 Å². The SMILES string of the molecule is COc1ccc(CCNC(=O)/C=C/c2ccc(OC)c(OC)c2)cc1. The maximum Gasteiger partial charge on any atom is 0.244 e. The number of rotatable bonds is 8. The molecule has 1 N–H and O–H groups in total. The van der Waals surface area contributed by atoms with Crippen LogP contribution in [0.15, 0.2) is 48.5 Å². The van der Waals surface area contributed by atoms with E-state index in [9.17, 15) is 4.79 Å². The molecule has 0 aliphatic rings. The molecule has 2 aromatic rings. The standard InChI is InChI=1S/C20H23NO4/c1-23-17-8-4-15(5-9-17)12-13-21-20(22)11-7-16-6-10-18(24-2)19(14-16)25-3/h4-11,14H,12-13H2,1-3H3,(H,21,22)/b11-7+. The number of benzene rings is 2. The van der Waals surface area contributed by atoms with Gasteiger partial charge in [-0.3, -0.25) is 4.79 Å². The van der Waals surface area contributed by atoms with Crippen molar-refractivity contribution in [3.63, 3.8) is 0 Å². The summed E-state index contributed by atoms with van der Waals surface area (Å²) < 4.78 is 15.6. The summed E-state index contributed by atoms with van der Waals surface area (Å²) in [6.07, 6.45) is 4.01. The van der Waals surface area contributed by atoms with E-state index in [0.29, 0.717) is 18.0 Å². The van der Waals surface area contributed by atoms with Crippen LogP contribution >= 0.6 is 0 Å². The van der Waals surface area contributed by atoms with Crippen molar-refractivity contribution in [1.29, 1.82) is 0 Å². The predicted molar refractivity (Wildman–Crippen MR) is 98.3 cm³/mol. The molecule has 0 bridgehead atoms. The number of hydrogen-bond donors (Lipinski definition) is 1. The van der Waals surface area contributed by atoms with Crippen molar-refractivity contribution in [2.45, 2.75) is 6.42 Å². The lowest BCUT2D eigenvalue weighted by atomic mass is 10.1. The van der Waals surface area contributed by atoms with Crippen molar-refractivity contribution >= 4 is 12.0 Å². The van der Waals surface area contributed by atoms with Gasteiger partial charge < -0.3 is 19.5 Å². The molecule has 0 unspecified atom stereocenters. The Morgan fingerprint density at radius 2 is 1.68 bits per heavy atom. The number of carbonyl (C=O) groups is 1. The first-order valence-electron chi connectivity index (χ1n) is 7.97. The molecule has 25 heavy (non-hydrogen) atoms. The molecule has 0 aromatic heterocycles. The van der Waals surface area contributed by atoms with Gasteiger partial charge in [0.2, 0.25) is 5.91 Å². The third-order valence-electron chi connectivity index (χ3n) is 3.71. The minimum atomic E-state index is -0.136. The molecule has 0 aliphatic carbocycles. The maximum absolute atomic E-state index is 11.9. The van der Waals surface area contributed by atoms with E-state index >= 15 is 0 Å². The van der Waals surface area contributed by atoms with Crippen molar-refractivity contribution in [3.05, 3.63) is 59.7 Å². The molecule has 0 saturated heterocycles. The summed E-state index contributed by atoms with van der Waals surface area (Å²) in [6, 6.07) is 13.3. The first-order chi connectivity index (χ1) is 12.2. The Morgan fingerprint density at radius 1 is 0.960 bits per heavy atom. The molecule has 2 aromatic carbocycles. The van der Waals surface area contributed by atoms with Crippen LogP contribution in [0.1, 0.15) is 11.1 Å². The fourth-order valence-electron chi connectivity index (χ4n) is 2.31. The highest BCUT2D eigenvalue weighted by Crippen LogP contribution is 2.27. The molecule has 0 heterocycles. The maximum atomic E-state index is 11.9. The number of carbonyl (C=O) groups excluding carboxylic acids is 1. The average Bonchev–Trinajstić information content (AvgIpc) is 2.66. The zero-order valence-electron chi connectivity index (χ0n) is 14.7. The molecule has 0 aliphatic heterocycles. The van der Waals surface area contributed by atoms with Crippen LogP contribution in [0, 0.1) is 0 Å². The van der Waals surface area contributed by atoms with Gasteiger partial charge in [-0.1, -0.05) is 18.2 Å². The fourth-order valence-corrected chi connectivity index (χ4v) is 2.31. The quantitative estimate of drug-likeness (QED) is 0.750. The highest BCUT2D eigenvalue weighted by atomic mass is 16.5. The molecular formula is C20H23NO4. The van der Waals surface area contributed by atoms with Gasteiger partial charge in [0, 0.05) is 12.6 Å². The number of methoxy groups -OCH3 is 3. The van der Waals surface area contributed by atoms with Crippen molar-refractivity contribution in [1.82, 2.24) is 5.32 Å². The largest absolute Gasteiger partial charge is 0.497 e. The summed E-state index contributed by atoms with van der Waals surface area (Å²) in [6.45, 7) is 0.571. The lowest BCUT2D eigenvalue weighted by Gasteiger charge is -2.07. The molecule has 0 atom stereocenters. The zero-order valence-corrected chi connectivity index (χ0v) is 14.7. The molecule has 0 radical (unpaired) electrons. The Kier molecular flexibility index (Phi) is 6.89. The van der Waals surface area contributed by atoms with Gasteiger partial charge in [0.1, 0.15) is 5.75 Å². The van der Waals surface area contributed by atoms with Gasteiger partial charge in [0.05, 0.1) is 21.3 Å². The van der Waals surface area contributed by atoms with E-state index in [0.717, 1.165) is 23.3 Å². The van der Waals surface area contributed by atoms with Crippen LogP contribution in [-0.2, 0) is 11.2 Å². The van der Waals surface area contributed by atoms with Crippen molar-refractivity contribution in [2.75, 3.05) is 27.9 Å². The van der Waals surface area contributed by atoms with Gasteiger partial charge in [0.15, 0.2) is 11.5 Å². The van der Waals surface area contributed by atoms with Crippen molar-refractivity contribution in [3.8, 4) is 17.2 Å². The minimum absolute atomic E-state index is 0.136. The van der Waals surface area contributed by atoms with Crippen LogP contribution in [0.3, 0.4) is 0 Å².